The molecule has 0 radical (unpaired) electrons. The maximum atomic E-state index is 11.7. The standard InChI is InChI=1S/C18H21NO4/c1-22-16-7-9-17(10-8-16)23-13-18(21)19-12-15(20)11-14-5-3-2-4-6-14/h2-10,15,20H,11-13H2,1H3,(H,19,21). The maximum absolute atomic E-state index is 11.7. The van der Waals surface area contributed by atoms with Crippen molar-refractivity contribution in [2.75, 3.05) is 20.3 Å². The first-order valence-electron chi connectivity index (χ1n) is 7.43. The first-order chi connectivity index (χ1) is 11.2. The van der Waals surface area contributed by atoms with Crippen LogP contribution in [0.15, 0.2) is 54.6 Å². The van der Waals surface area contributed by atoms with E-state index in [1.165, 1.54) is 0 Å². The number of carbonyl (C=O) groups is 1. The molecule has 0 heterocycles. The van der Waals surface area contributed by atoms with Crippen molar-refractivity contribution in [1.29, 1.82) is 0 Å². The molecule has 5 nitrogen and oxygen atoms in total. The number of hydrogen-bond acceptors (Lipinski definition) is 4. The molecule has 0 fully saturated rings. The van der Waals surface area contributed by atoms with Gasteiger partial charge in [-0.05, 0) is 29.8 Å². The van der Waals surface area contributed by atoms with Crippen molar-refractivity contribution < 1.29 is 19.4 Å². The molecule has 2 rings (SSSR count). The van der Waals surface area contributed by atoms with Gasteiger partial charge in [-0.2, -0.15) is 0 Å². The van der Waals surface area contributed by atoms with Crippen molar-refractivity contribution in [3.8, 4) is 11.5 Å². The number of aliphatic hydroxyl groups excluding tert-OH is 1. The van der Waals surface area contributed by atoms with Crippen molar-refractivity contribution in [3.05, 3.63) is 60.2 Å². The van der Waals surface area contributed by atoms with Gasteiger partial charge in [-0.25, -0.2) is 0 Å². The Kier molecular flexibility index (Phi) is 6.44. The third-order valence-corrected chi connectivity index (χ3v) is 3.28. The van der Waals surface area contributed by atoms with E-state index in [1.54, 1.807) is 31.4 Å². The van der Waals surface area contributed by atoms with Crippen LogP contribution in [0.5, 0.6) is 11.5 Å². The van der Waals surface area contributed by atoms with Gasteiger partial charge in [0, 0.05) is 13.0 Å². The van der Waals surface area contributed by atoms with Gasteiger partial charge < -0.3 is 19.9 Å². The van der Waals surface area contributed by atoms with Gasteiger partial charge in [0.25, 0.3) is 5.91 Å². The second-order valence-electron chi connectivity index (χ2n) is 5.11. The van der Waals surface area contributed by atoms with Gasteiger partial charge in [0.1, 0.15) is 11.5 Å². The molecule has 5 heteroatoms. The lowest BCUT2D eigenvalue weighted by molar-refractivity contribution is -0.123. The Morgan fingerprint density at radius 3 is 2.39 bits per heavy atom. The molecule has 2 aromatic rings. The third kappa shape index (κ3) is 6.00. The van der Waals surface area contributed by atoms with E-state index >= 15 is 0 Å². The lowest BCUT2D eigenvalue weighted by Gasteiger charge is -2.12. The predicted octanol–water partition coefficient (Wildman–Crippen LogP) is 1.79. The van der Waals surface area contributed by atoms with Gasteiger partial charge in [0.15, 0.2) is 6.61 Å². The molecule has 1 atom stereocenters. The molecule has 0 aromatic heterocycles. The normalized spacial score (nSPS) is 11.6. The zero-order valence-electron chi connectivity index (χ0n) is 13.1. The highest BCUT2D eigenvalue weighted by Gasteiger charge is 2.08. The minimum Gasteiger partial charge on any atom is -0.497 e. The fourth-order valence-corrected chi connectivity index (χ4v) is 2.06. The summed E-state index contributed by atoms with van der Waals surface area (Å²) in [6, 6.07) is 16.6. The fraction of sp³-hybridized carbons (Fsp3) is 0.278. The number of hydrogen-bond donors (Lipinski definition) is 2. The SMILES string of the molecule is COc1ccc(OCC(=O)NCC(O)Cc2ccccc2)cc1. The number of rotatable bonds is 8. The van der Waals surface area contributed by atoms with Crippen LogP contribution in [0, 0.1) is 0 Å². The molecule has 0 saturated heterocycles. The second kappa shape index (κ2) is 8.80. The van der Waals surface area contributed by atoms with Crippen molar-refractivity contribution in [1.82, 2.24) is 5.32 Å². The molecule has 0 aliphatic rings. The van der Waals surface area contributed by atoms with Crippen LogP contribution in [0.2, 0.25) is 0 Å². The van der Waals surface area contributed by atoms with Crippen LogP contribution in [0.3, 0.4) is 0 Å². The smallest absolute Gasteiger partial charge is 0.258 e. The highest BCUT2D eigenvalue weighted by molar-refractivity contribution is 5.77. The van der Waals surface area contributed by atoms with Gasteiger partial charge in [-0.3, -0.25) is 4.79 Å². The summed E-state index contributed by atoms with van der Waals surface area (Å²) < 4.78 is 10.4. The van der Waals surface area contributed by atoms with Crippen LogP contribution >= 0.6 is 0 Å². The van der Waals surface area contributed by atoms with Gasteiger partial charge in [-0.1, -0.05) is 30.3 Å². The van der Waals surface area contributed by atoms with E-state index in [9.17, 15) is 9.90 Å². The number of benzene rings is 2. The average Bonchev–Trinajstić information content (AvgIpc) is 2.59. The lowest BCUT2D eigenvalue weighted by Crippen LogP contribution is -2.36. The molecule has 2 N–H and O–H groups in total. The van der Waals surface area contributed by atoms with E-state index in [0.29, 0.717) is 12.2 Å². The zero-order valence-corrected chi connectivity index (χ0v) is 13.1. The molecule has 2 aromatic carbocycles. The molecular formula is C18H21NO4. The monoisotopic (exact) mass is 315 g/mol. The first kappa shape index (κ1) is 16.8. The fourth-order valence-electron chi connectivity index (χ4n) is 2.06. The Labute approximate surface area is 135 Å². The molecule has 0 saturated carbocycles. The van der Waals surface area contributed by atoms with Crippen molar-refractivity contribution in [2.24, 2.45) is 0 Å². The predicted molar refractivity (Wildman–Crippen MR) is 87.7 cm³/mol. The summed E-state index contributed by atoms with van der Waals surface area (Å²) in [7, 11) is 1.59. The van der Waals surface area contributed by atoms with E-state index in [1.807, 2.05) is 30.3 Å². The summed E-state index contributed by atoms with van der Waals surface area (Å²) in [5, 5.41) is 12.6. The molecule has 23 heavy (non-hydrogen) atoms. The molecular weight excluding hydrogens is 294 g/mol. The number of carbonyl (C=O) groups excluding carboxylic acids is 1. The van der Waals surface area contributed by atoms with Gasteiger partial charge >= 0.3 is 0 Å². The van der Waals surface area contributed by atoms with Crippen LogP contribution in [0.25, 0.3) is 0 Å². The highest BCUT2D eigenvalue weighted by Crippen LogP contribution is 2.16. The second-order valence-corrected chi connectivity index (χ2v) is 5.11. The van der Waals surface area contributed by atoms with Crippen molar-refractivity contribution >= 4 is 5.91 Å². The first-order valence-corrected chi connectivity index (χ1v) is 7.43. The Morgan fingerprint density at radius 1 is 1.09 bits per heavy atom. The zero-order chi connectivity index (χ0) is 16.5. The maximum Gasteiger partial charge on any atom is 0.258 e. The minimum atomic E-state index is -0.623. The van der Waals surface area contributed by atoms with E-state index < -0.39 is 6.10 Å². The number of methoxy groups -OCH3 is 1. The molecule has 1 amide bonds. The van der Waals surface area contributed by atoms with Crippen molar-refractivity contribution in [2.45, 2.75) is 12.5 Å². The largest absolute Gasteiger partial charge is 0.497 e. The van der Waals surface area contributed by atoms with E-state index in [0.717, 1.165) is 11.3 Å². The average molecular weight is 315 g/mol. The number of ether oxygens (including phenoxy) is 2. The summed E-state index contributed by atoms with van der Waals surface area (Å²) >= 11 is 0. The van der Waals surface area contributed by atoms with Crippen LogP contribution in [-0.4, -0.2) is 37.4 Å². The summed E-state index contributed by atoms with van der Waals surface area (Å²) in [4.78, 5) is 11.7. The molecule has 0 aliphatic carbocycles. The molecule has 1 unspecified atom stereocenters. The van der Waals surface area contributed by atoms with Crippen molar-refractivity contribution in [3.63, 3.8) is 0 Å². The Balaban J connectivity index is 1.68. The summed E-state index contributed by atoms with van der Waals surface area (Å²) in [5.74, 6) is 1.05. The van der Waals surface area contributed by atoms with E-state index in [2.05, 4.69) is 5.32 Å². The summed E-state index contributed by atoms with van der Waals surface area (Å²) in [5.41, 5.74) is 1.03. The minimum absolute atomic E-state index is 0.0929. The van der Waals surface area contributed by atoms with Crippen LogP contribution in [0.1, 0.15) is 5.56 Å². The molecule has 0 bridgehead atoms. The van der Waals surface area contributed by atoms with Gasteiger partial charge in [0.2, 0.25) is 0 Å². The van der Waals surface area contributed by atoms with E-state index in [-0.39, 0.29) is 19.1 Å². The third-order valence-electron chi connectivity index (χ3n) is 3.28. The van der Waals surface area contributed by atoms with Crippen LogP contribution in [0.4, 0.5) is 0 Å². The Bertz CT molecular complexity index is 598. The van der Waals surface area contributed by atoms with Gasteiger partial charge in [-0.15, -0.1) is 0 Å². The number of nitrogens with one attached hydrogen (secondary N) is 1. The number of aliphatic hydroxyl groups is 1. The summed E-state index contributed by atoms with van der Waals surface area (Å²) in [6.45, 7) is 0.101. The summed E-state index contributed by atoms with van der Waals surface area (Å²) in [6.07, 6.45) is -0.122. The van der Waals surface area contributed by atoms with Crippen LogP contribution in [-0.2, 0) is 11.2 Å². The molecule has 0 aliphatic heterocycles. The molecule has 0 spiro atoms. The Morgan fingerprint density at radius 2 is 1.74 bits per heavy atom. The Hall–Kier alpha value is -2.53. The number of amides is 1. The van der Waals surface area contributed by atoms with E-state index in [4.69, 9.17) is 9.47 Å². The topological polar surface area (TPSA) is 67.8 Å². The quantitative estimate of drug-likeness (QED) is 0.779. The van der Waals surface area contributed by atoms with Gasteiger partial charge in [0.05, 0.1) is 13.2 Å². The molecule has 122 valence electrons. The lowest BCUT2D eigenvalue weighted by atomic mass is 10.1. The highest BCUT2D eigenvalue weighted by atomic mass is 16.5. The van der Waals surface area contributed by atoms with Crippen LogP contribution < -0.4 is 14.8 Å².